The molecule has 0 fully saturated rings. The highest BCUT2D eigenvalue weighted by molar-refractivity contribution is 5.46. The molecule has 148 valence electrons. The molecule has 1 unspecified atom stereocenters. The monoisotopic (exact) mass is 371 g/mol. The number of rotatable bonds is 13. The average molecular weight is 372 g/mol. The number of hydrogen-bond donors (Lipinski definition) is 1. The van der Waals surface area contributed by atoms with Crippen LogP contribution in [0.2, 0.25) is 0 Å². The topological polar surface area (TPSA) is 39.7 Å². The molecule has 27 heavy (non-hydrogen) atoms. The summed E-state index contributed by atoms with van der Waals surface area (Å²) in [5.41, 5.74) is 1.07. The maximum atomic E-state index is 5.91. The second-order valence-corrected chi connectivity index (χ2v) is 6.77. The van der Waals surface area contributed by atoms with Crippen molar-refractivity contribution in [2.45, 2.75) is 52.1 Å². The van der Waals surface area contributed by atoms with Crippen LogP contribution >= 0.6 is 0 Å². The Morgan fingerprint density at radius 3 is 2.11 bits per heavy atom. The van der Waals surface area contributed by atoms with Crippen LogP contribution in [-0.2, 0) is 0 Å². The molecule has 1 N–H and O–H groups in total. The van der Waals surface area contributed by atoms with Crippen molar-refractivity contribution in [3.05, 3.63) is 48.5 Å². The number of hydrogen-bond acceptors (Lipinski definition) is 4. The second-order valence-electron chi connectivity index (χ2n) is 6.77. The predicted molar refractivity (Wildman–Crippen MR) is 112 cm³/mol. The summed E-state index contributed by atoms with van der Waals surface area (Å²) in [7, 11) is 1.66. The van der Waals surface area contributed by atoms with E-state index in [1.165, 1.54) is 25.7 Å². The van der Waals surface area contributed by atoms with Crippen LogP contribution in [0.25, 0.3) is 0 Å². The van der Waals surface area contributed by atoms with Gasteiger partial charge in [-0.2, -0.15) is 0 Å². The minimum atomic E-state index is 0.0532. The highest BCUT2D eigenvalue weighted by atomic mass is 16.5. The van der Waals surface area contributed by atoms with Crippen LogP contribution in [-0.4, -0.2) is 26.4 Å². The second kappa shape index (κ2) is 12.1. The Kier molecular flexibility index (Phi) is 9.39. The number of ether oxygens (including phenoxy) is 3. The van der Waals surface area contributed by atoms with Gasteiger partial charge in [-0.1, -0.05) is 32.6 Å². The van der Waals surface area contributed by atoms with E-state index in [4.69, 9.17) is 14.2 Å². The standard InChI is InChI=1S/C23H33NO3/c1-4-5-6-7-8-17-26-22-11-9-20(10-12-22)24-18-19(2)27-23-15-13-21(25-3)14-16-23/h9-16,19,24H,4-8,17-18H2,1-3H3. The molecule has 0 aromatic heterocycles. The lowest BCUT2D eigenvalue weighted by molar-refractivity contribution is 0.234. The van der Waals surface area contributed by atoms with E-state index in [9.17, 15) is 0 Å². The first-order valence-corrected chi connectivity index (χ1v) is 9.98. The Balaban J connectivity index is 1.66. The predicted octanol–water partition coefficient (Wildman–Crippen LogP) is 5.92. The van der Waals surface area contributed by atoms with Gasteiger partial charge < -0.3 is 19.5 Å². The van der Waals surface area contributed by atoms with Gasteiger partial charge in [-0.15, -0.1) is 0 Å². The number of methoxy groups -OCH3 is 1. The van der Waals surface area contributed by atoms with Crippen molar-refractivity contribution in [1.82, 2.24) is 0 Å². The summed E-state index contributed by atoms with van der Waals surface area (Å²) in [6.45, 7) is 5.80. The summed E-state index contributed by atoms with van der Waals surface area (Å²) in [4.78, 5) is 0. The lowest BCUT2D eigenvalue weighted by atomic mass is 10.2. The molecule has 2 rings (SSSR count). The van der Waals surface area contributed by atoms with Gasteiger partial charge in [-0.3, -0.25) is 0 Å². The summed E-state index contributed by atoms with van der Waals surface area (Å²) in [6.07, 6.45) is 6.33. The molecule has 4 heteroatoms. The summed E-state index contributed by atoms with van der Waals surface area (Å²) >= 11 is 0. The van der Waals surface area contributed by atoms with Crippen LogP contribution in [0.1, 0.15) is 46.0 Å². The quantitative estimate of drug-likeness (QED) is 0.443. The maximum absolute atomic E-state index is 5.91. The van der Waals surface area contributed by atoms with Gasteiger partial charge in [0.05, 0.1) is 20.3 Å². The van der Waals surface area contributed by atoms with Gasteiger partial charge in [0.25, 0.3) is 0 Å². The van der Waals surface area contributed by atoms with Gasteiger partial charge in [-0.25, -0.2) is 0 Å². The Morgan fingerprint density at radius 2 is 1.44 bits per heavy atom. The first-order chi connectivity index (χ1) is 13.2. The van der Waals surface area contributed by atoms with Crippen molar-refractivity contribution in [3.8, 4) is 17.2 Å². The third-order valence-corrected chi connectivity index (χ3v) is 4.36. The smallest absolute Gasteiger partial charge is 0.120 e. The third-order valence-electron chi connectivity index (χ3n) is 4.36. The lowest BCUT2D eigenvalue weighted by Gasteiger charge is -2.16. The van der Waals surface area contributed by atoms with Crippen LogP contribution in [0.5, 0.6) is 17.2 Å². The van der Waals surface area contributed by atoms with Crippen molar-refractivity contribution < 1.29 is 14.2 Å². The fourth-order valence-electron chi connectivity index (χ4n) is 2.75. The average Bonchev–Trinajstić information content (AvgIpc) is 2.70. The largest absolute Gasteiger partial charge is 0.497 e. The molecule has 0 aliphatic carbocycles. The number of unbranched alkanes of at least 4 members (excludes halogenated alkanes) is 4. The fourth-order valence-corrected chi connectivity index (χ4v) is 2.75. The zero-order chi connectivity index (χ0) is 19.3. The van der Waals surface area contributed by atoms with Crippen molar-refractivity contribution >= 4 is 5.69 Å². The van der Waals surface area contributed by atoms with E-state index in [2.05, 4.69) is 12.2 Å². The van der Waals surface area contributed by atoms with Crippen molar-refractivity contribution in [3.63, 3.8) is 0 Å². The molecule has 0 saturated carbocycles. The van der Waals surface area contributed by atoms with Crippen molar-refractivity contribution in [1.29, 1.82) is 0 Å². The molecular formula is C23H33NO3. The van der Waals surface area contributed by atoms with Crippen LogP contribution in [0.4, 0.5) is 5.69 Å². The minimum absolute atomic E-state index is 0.0532. The number of nitrogens with one attached hydrogen (secondary N) is 1. The Bertz CT molecular complexity index is 625. The normalized spacial score (nSPS) is 11.7. The van der Waals surface area contributed by atoms with E-state index in [1.54, 1.807) is 7.11 Å². The molecule has 4 nitrogen and oxygen atoms in total. The molecule has 0 bridgehead atoms. The first kappa shape index (κ1) is 20.9. The van der Waals surface area contributed by atoms with E-state index in [0.29, 0.717) is 0 Å². The van der Waals surface area contributed by atoms with E-state index < -0.39 is 0 Å². The van der Waals surface area contributed by atoms with E-state index in [-0.39, 0.29) is 6.10 Å². The SMILES string of the molecule is CCCCCCCOc1ccc(NCC(C)Oc2ccc(OC)cc2)cc1. The Hall–Kier alpha value is -2.36. The summed E-state index contributed by atoms with van der Waals surface area (Å²) in [5.74, 6) is 2.60. The zero-order valence-electron chi connectivity index (χ0n) is 16.9. The highest BCUT2D eigenvalue weighted by Gasteiger charge is 2.05. The fraction of sp³-hybridized carbons (Fsp3) is 0.478. The zero-order valence-corrected chi connectivity index (χ0v) is 16.9. The molecular weight excluding hydrogens is 338 g/mol. The van der Waals surface area contributed by atoms with Gasteiger partial charge in [0.1, 0.15) is 23.4 Å². The molecule has 0 saturated heterocycles. The van der Waals surface area contributed by atoms with Gasteiger partial charge in [0.2, 0.25) is 0 Å². The molecule has 1 atom stereocenters. The molecule has 2 aromatic carbocycles. The van der Waals surface area contributed by atoms with Crippen LogP contribution in [0, 0.1) is 0 Å². The van der Waals surface area contributed by atoms with Gasteiger partial charge >= 0.3 is 0 Å². The van der Waals surface area contributed by atoms with Crippen LogP contribution in [0.15, 0.2) is 48.5 Å². The van der Waals surface area contributed by atoms with E-state index >= 15 is 0 Å². The Labute approximate surface area is 163 Å². The van der Waals surface area contributed by atoms with Crippen molar-refractivity contribution in [2.24, 2.45) is 0 Å². The molecule has 2 aromatic rings. The van der Waals surface area contributed by atoms with Crippen LogP contribution < -0.4 is 19.5 Å². The first-order valence-electron chi connectivity index (χ1n) is 9.98. The minimum Gasteiger partial charge on any atom is -0.497 e. The third kappa shape index (κ3) is 8.25. The molecule has 0 aliphatic rings. The van der Waals surface area contributed by atoms with Gasteiger partial charge in [0.15, 0.2) is 0 Å². The molecule has 0 aliphatic heterocycles. The summed E-state index contributed by atoms with van der Waals surface area (Å²) in [6, 6.07) is 15.8. The summed E-state index contributed by atoms with van der Waals surface area (Å²) < 4.78 is 16.9. The van der Waals surface area contributed by atoms with Crippen LogP contribution in [0.3, 0.4) is 0 Å². The van der Waals surface area contributed by atoms with Gasteiger partial charge in [0, 0.05) is 5.69 Å². The molecule has 0 radical (unpaired) electrons. The van der Waals surface area contributed by atoms with Gasteiger partial charge in [-0.05, 0) is 61.9 Å². The maximum Gasteiger partial charge on any atom is 0.120 e. The Morgan fingerprint density at radius 1 is 0.815 bits per heavy atom. The number of anilines is 1. The van der Waals surface area contributed by atoms with E-state index in [0.717, 1.165) is 42.5 Å². The lowest BCUT2D eigenvalue weighted by Crippen LogP contribution is -2.22. The number of benzene rings is 2. The molecule has 0 heterocycles. The molecule has 0 spiro atoms. The van der Waals surface area contributed by atoms with Crippen molar-refractivity contribution in [2.75, 3.05) is 25.6 Å². The van der Waals surface area contributed by atoms with E-state index in [1.807, 2.05) is 55.5 Å². The highest BCUT2D eigenvalue weighted by Crippen LogP contribution is 2.19. The summed E-state index contributed by atoms with van der Waals surface area (Å²) in [5, 5.41) is 3.40. The molecule has 0 amide bonds.